The molecule has 0 saturated carbocycles. The molecule has 0 amide bonds. The van der Waals surface area contributed by atoms with Crippen molar-refractivity contribution in [1.82, 2.24) is 9.97 Å². The molecule has 1 aromatic rings. The Hall–Kier alpha value is -1.36. The van der Waals surface area contributed by atoms with Crippen LogP contribution in [0.4, 0.5) is 11.5 Å². The number of anilines is 2. The lowest BCUT2D eigenvalue weighted by Crippen LogP contribution is -2.13. The highest BCUT2D eigenvalue weighted by atomic mass is 15.3. The molecule has 5 nitrogen and oxygen atoms in total. The van der Waals surface area contributed by atoms with Crippen molar-refractivity contribution in [3.8, 4) is 0 Å². The van der Waals surface area contributed by atoms with Crippen LogP contribution in [-0.2, 0) is 0 Å². The van der Waals surface area contributed by atoms with E-state index in [0.29, 0.717) is 11.5 Å². The van der Waals surface area contributed by atoms with Crippen molar-refractivity contribution >= 4 is 11.5 Å². The molecule has 1 aromatic heterocycles. The molecule has 5 N–H and O–H groups in total. The minimum atomic E-state index is 0.278. The van der Waals surface area contributed by atoms with Crippen LogP contribution in [0.1, 0.15) is 25.5 Å². The van der Waals surface area contributed by atoms with Gasteiger partial charge < -0.3 is 11.2 Å². The minimum Gasteiger partial charge on any atom is -0.394 e. The number of nitrogens with one attached hydrogen (secondary N) is 1. The molecule has 1 heterocycles. The molecule has 1 rings (SSSR count). The zero-order valence-corrected chi connectivity index (χ0v) is 7.20. The van der Waals surface area contributed by atoms with Crippen LogP contribution in [0.5, 0.6) is 0 Å². The van der Waals surface area contributed by atoms with Gasteiger partial charge in [0.2, 0.25) is 0 Å². The second-order valence-electron chi connectivity index (χ2n) is 2.82. The third kappa shape index (κ3) is 1.45. The van der Waals surface area contributed by atoms with Crippen molar-refractivity contribution in [3.63, 3.8) is 0 Å². The van der Waals surface area contributed by atoms with Crippen molar-refractivity contribution in [3.05, 3.63) is 12.0 Å². The average Bonchev–Trinajstić information content (AvgIpc) is 2.04. The fourth-order valence-corrected chi connectivity index (χ4v) is 0.984. The highest BCUT2D eigenvalue weighted by Crippen LogP contribution is 2.23. The van der Waals surface area contributed by atoms with Crippen LogP contribution in [0.3, 0.4) is 0 Å². The van der Waals surface area contributed by atoms with E-state index >= 15 is 0 Å². The molecular weight excluding hydrogens is 154 g/mol. The summed E-state index contributed by atoms with van der Waals surface area (Å²) in [4.78, 5) is 7.92. The monoisotopic (exact) mass is 167 g/mol. The minimum absolute atomic E-state index is 0.278. The summed E-state index contributed by atoms with van der Waals surface area (Å²) in [6.45, 7) is 4.03. The molecule has 0 aliphatic carbocycles. The van der Waals surface area contributed by atoms with Crippen molar-refractivity contribution in [2.24, 2.45) is 5.84 Å². The van der Waals surface area contributed by atoms with E-state index in [9.17, 15) is 0 Å². The number of aromatic nitrogens is 2. The number of nitrogens with two attached hydrogens (primary N) is 2. The predicted octanol–water partition coefficient (Wildman–Crippen LogP) is 0.468. The van der Waals surface area contributed by atoms with Crippen LogP contribution < -0.4 is 17.0 Å². The summed E-state index contributed by atoms with van der Waals surface area (Å²) < 4.78 is 0. The molecule has 5 heteroatoms. The number of hydrogen-bond acceptors (Lipinski definition) is 5. The normalized spacial score (nSPS) is 10.3. The summed E-state index contributed by atoms with van der Waals surface area (Å²) in [6.07, 6.45) is 1.45. The van der Waals surface area contributed by atoms with Gasteiger partial charge in [-0.05, 0) is 5.92 Å². The van der Waals surface area contributed by atoms with Gasteiger partial charge in [-0.3, -0.25) is 0 Å². The molecule has 0 aliphatic heterocycles. The molecular formula is C7H13N5. The number of nitrogens with zero attached hydrogens (tertiary/aromatic N) is 2. The second kappa shape index (κ2) is 3.36. The lowest BCUT2D eigenvalue weighted by atomic mass is 10.1. The van der Waals surface area contributed by atoms with Gasteiger partial charge in [-0.1, -0.05) is 13.8 Å². The Balaban J connectivity index is 3.14. The van der Waals surface area contributed by atoms with Crippen LogP contribution in [0, 0.1) is 0 Å². The maximum atomic E-state index is 5.73. The van der Waals surface area contributed by atoms with E-state index in [1.807, 2.05) is 13.8 Å². The smallest absolute Gasteiger partial charge is 0.166 e. The van der Waals surface area contributed by atoms with Crippen LogP contribution in [0.25, 0.3) is 0 Å². The Bertz CT molecular complexity index is 270. The lowest BCUT2D eigenvalue weighted by Gasteiger charge is -2.10. The first kappa shape index (κ1) is 8.73. The van der Waals surface area contributed by atoms with Gasteiger partial charge in [-0.2, -0.15) is 0 Å². The summed E-state index contributed by atoms with van der Waals surface area (Å²) in [5, 5.41) is 0. The van der Waals surface area contributed by atoms with Gasteiger partial charge >= 0.3 is 0 Å². The van der Waals surface area contributed by atoms with Gasteiger partial charge in [0, 0.05) is 0 Å². The number of hydrazine groups is 1. The van der Waals surface area contributed by atoms with Gasteiger partial charge in [-0.25, -0.2) is 15.8 Å². The molecule has 0 aliphatic rings. The Labute approximate surface area is 71.2 Å². The Morgan fingerprint density at radius 2 is 2.08 bits per heavy atom. The Morgan fingerprint density at radius 1 is 1.42 bits per heavy atom. The van der Waals surface area contributed by atoms with Crippen LogP contribution >= 0.6 is 0 Å². The van der Waals surface area contributed by atoms with Gasteiger partial charge in [-0.15, -0.1) is 0 Å². The number of hydrogen-bond donors (Lipinski definition) is 3. The van der Waals surface area contributed by atoms with E-state index in [-0.39, 0.29) is 5.92 Å². The maximum absolute atomic E-state index is 5.73. The molecule has 12 heavy (non-hydrogen) atoms. The first-order chi connectivity index (χ1) is 5.66. The quantitative estimate of drug-likeness (QED) is 0.440. The fourth-order valence-electron chi connectivity index (χ4n) is 0.984. The summed E-state index contributed by atoms with van der Waals surface area (Å²) in [6, 6.07) is 0. The van der Waals surface area contributed by atoms with E-state index in [4.69, 9.17) is 11.6 Å². The lowest BCUT2D eigenvalue weighted by molar-refractivity contribution is 0.819. The van der Waals surface area contributed by atoms with Crippen molar-refractivity contribution in [2.45, 2.75) is 19.8 Å². The Kier molecular flexibility index (Phi) is 2.44. The van der Waals surface area contributed by atoms with Gasteiger partial charge in [0.1, 0.15) is 6.33 Å². The van der Waals surface area contributed by atoms with E-state index in [1.165, 1.54) is 6.33 Å². The van der Waals surface area contributed by atoms with Gasteiger partial charge in [0.25, 0.3) is 0 Å². The standard InChI is InChI=1S/C7H13N5/c1-4(2)6-5(8)7(12-9)11-3-10-6/h3-4H,8-9H2,1-2H3,(H,10,11,12). The largest absolute Gasteiger partial charge is 0.394 e. The van der Waals surface area contributed by atoms with E-state index in [1.54, 1.807) is 0 Å². The summed E-state index contributed by atoms with van der Waals surface area (Å²) >= 11 is 0. The van der Waals surface area contributed by atoms with Crippen molar-refractivity contribution < 1.29 is 0 Å². The third-order valence-corrected chi connectivity index (χ3v) is 1.60. The number of nitrogen functional groups attached to an aromatic ring is 2. The molecule has 0 spiro atoms. The topological polar surface area (TPSA) is 89.8 Å². The maximum Gasteiger partial charge on any atom is 0.166 e. The van der Waals surface area contributed by atoms with E-state index in [0.717, 1.165) is 5.69 Å². The molecule has 0 aromatic carbocycles. The summed E-state index contributed by atoms with van der Waals surface area (Å²) in [7, 11) is 0. The summed E-state index contributed by atoms with van der Waals surface area (Å²) in [5.74, 6) is 5.96. The highest BCUT2D eigenvalue weighted by molar-refractivity contribution is 5.63. The molecule has 0 bridgehead atoms. The molecule has 0 unspecified atom stereocenters. The zero-order chi connectivity index (χ0) is 9.14. The van der Waals surface area contributed by atoms with Crippen LogP contribution in [0.15, 0.2) is 6.33 Å². The molecule has 0 atom stereocenters. The molecule has 0 saturated heterocycles. The average molecular weight is 167 g/mol. The van der Waals surface area contributed by atoms with Crippen LogP contribution in [-0.4, -0.2) is 9.97 Å². The van der Waals surface area contributed by atoms with Crippen molar-refractivity contribution in [2.75, 3.05) is 11.2 Å². The summed E-state index contributed by atoms with van der Waals surface area (Å²) in [5.41, 5.74) is 9.48. The van der Waals surface area contributed by atoms with E-state index < -0.39 is 0 Å². The first-order valence-corrected chi connectivity index (χ1v) is 3.73. The molecule has 0 fully saturated rings. The molecule has 66 valence electrons. The fraction of sp³-hybridized carbons (Fsp3) is 0.429. The predicted molar refractivity (Wildman–Crippen MR) is 48.3 cm³/mol. The third-order valence-electron chi connectivity index (χ3n) is 1.60. The Morgan fingerprint density at radius 3 is 2.58 bits per heavy atom. The van der Waals surface area contributed by atoms with Gasteiger partial charge in [0.05, 0.1) is 11.4 Å². The molecule has 0 radical (unpaired) electrons. The van der Waals surface area contributed by atoms with Crippen LogP contribution in [0.2, 0.25) is 0 Å². The SMILES string of the molecule is CC(C)c1ncnc(NN)c1N. The second-order valence-corrected chi connectivity index (χ2v) is 2.82. The van der Waals surface area contributed by atoms with E-state index in [2.05, 4.69) is 15.4 Å². The first-order valence-electron chi connectivity index (χ1n) is 3.73. The van der Waals surface area contributed by atoms with Gasteiger partial charge in [0.15, 0.2) is 5.82 Å². The highest BCUT2D eigenvalue weighted by Gasteiger charge is 2.09. The van der Waals surface area contributed by atoms with Crippen molar-refractivity contribution in [1.29, 1.82) is 0 Å². The number of rotatable bonds is 2. The zero-order valence-electron chi connectivity index (χ0n) is 7.20.